The van der Waals surface area contributed by atoms with Gasteiger partial charge in [-0.05, 0) is 47.9 Å². The molecule has 0 fully saturated rings. The number of rotatable bonds is 11. The van der Waals surface area contributed by atoms with Crippen LogP contribution >= 0.6 is 0 Å². The molecule has 0 radical (unpaired) electrons. The topological polar surface area (TPSA) is 209 Å². The average molecular weight is 563 g/mol. The summed E-state index contributed by atoms with van der Waals surface area (Å²) in [5.41, 5.74) is 6.79. The summed E-state index contributed by atoms with van der Waals surface area (Å²) in [6.45, 7) is -0.971. The number of carbonyl (C=O) groups is 1. The van der Waals surface area contributed by atoms with Gasteiger partial charge >= 0.3 is 0 Å². The van der Waals surface area contributed by atoms with Gasteiger partial charge in [-0.3, -0.25) is 0 Å². The SMILES string of the molecule is CS(=O)(=O)c1ccccc1-c1ccc(CCNS(=O)(=O)c2cc(/C(N)=N\O)ccc2O)c(OCC(=O)[O-])c1. The number of hydrogen-bond donors (Lipinski definition) is 4. The minimum Gasteiger partial charge on any atom is -0.546 e. The van der Waals surface area contributed by atoms with E-state index in [-0.39, 0.29) is 35.0 Å². The van der Waals surface area contributed by atoms with Crippen LogP contribution in [0.15, 0.2) is 75.6 Å². The highest BCUT2D eigenvalue weighted by atomic mass is 32.2. The second-order valence-electron chi connectivity index (χ2n) is 8.07. The van der Waals surface area contributed by atoms with Crippen LogP contribution in [0.3, 0.4) is 0 Å². The van der Waals surface area contributed by atoms with Crippen LogP contribution in [0.25, 0.3) is 11.1 Å². The zero-order valence-corrected chi connectivity index (χ0v) is 21.6. The number of nitrogens with two attached hydrogens (primary N) is 1. The van der Waals surface area contributed by atoms with Gasteiger partial charge in [-0.25, -0.2) is 21.6 Å². The Hall–Kier alpha value is -4.14. The summed E-state index contributed by atoms with van der Waals surface area (Å²) in [7, 11) is -7.81. The van der Waals surface area contributed by atoms with Crippen molar-refractivity contribution >= 4 is 31.7 Å². The minimum absolute atomic E-state index is 0.0380. The van der Waals surface area contributed by atoms with Gasteiger partial charge in [0.15, 0.2) is 15.7 Å². The first-order chi connectivity index (χ1) is 17.8. The van der Waals surface area contributed by atoms with Crippen LogP contribution in [0.2, 0.25) is 0 Å². The van der Waals surface area contributed by atoms with E-state index in [1.54, 1.807) is 30.3 Å². The van der Waals surface area contributed by atoms with Crippen LogP contribution in [0.5, 0.6) is 11.5 Å². The van der Waals surface area contributed by atoms with E-state index in [9.17, 15) is 31.8 Å². The number of carboxylic acids is 1. The van der Waals surface area contributed by atoms with Gasteiger partial charge in [-0.2, -0.15) is 0 Å². The summed E-state index contributed by atoms with van der Waals surface area (Å²) in [6, 6.07) is 14.3. The van der Waals surface area contributed by atoms with E-state index in [4.69, 9.17) is 15.7 Å². The number of hydrogen-bond acceptors (Lipinski definition) is 10. The maximum absolute atomic E-state index is 12.8. The molecule has 0 aliphatic carbocycles. The molecule has 0 heterocycles. The molecule has 0 aliphatic rings. The average Bonchev–Trinajstić information content (AvgIpc) is 2.87. The summed E-state index contributed by atoms with van der Waals surface area (Å²) in [6.07, 6.45) is 1.11. The molecule has 3 aromatic carbocycles. The Labute approximate surface area is 219 Å². The molecule has 0 saturated heterocycles. The number of carbonyl (C=O) groups excluding carboxylic acids is 1. The Bertz CT molecular complexity index is 1600. The monoisotopic (exact) mass is 562 g/mol. The standard InChI is InChI=1S/C24H25N3O9S2/c1-37(32,33)21-5-3-2-4-18(21)16-7-6-15(20(12-16)36-14-23(29)30)10-11-26-38(34,35)22-13-17(24(25)27-31)8-9-19(22)28/h2-9,12-13,26,28,31H,10-11,14H2,1H3,(H2,25,27)(H,29,30)/p-1. The number of phenols is 1. The fraction of sp³-hybridized carbons (Fsp3) is 0.167. The van der Waals surface area contributed by atoms with Gasteiger partial charge in [0.05, 0.1) is 10.9 Å². The highest BCUT2D eigenvalue weighted by Crippen LogP contribution is 2.32. The summed E-state index contributed by atoms with van der Waals surface area (Å²) in [5.74, 6) is -2.31. The van der Waals surface area contributed by atoms with Crippen molar-refractivity contribution in [3.8, 4) is 22.6 Å². The third kappa shape index (κ3) is 6.79. The summed E-state index contributed by atoms with van der Waals surface area (Å²) >= 11 is 0. The van der Waals surface area contributed by atoms with Gasteiger partial charge in [0.25, 0.3) is 0 Å². The fourth-order valence-electron chi connectivity index (χ4n) is 3.57. The largest absolute Gasteiger partial charge is 0.546 e. The quantitative estimate of drug-likeness (QED) is 0.108. The predicted molar refractivity (Wildman–Crippen MR) is 135 cm³/mol. The molecule has 0 aromatic heterocycles. The first-order valence-electron chi connectivity index (χ1n) is 10.9. The van der Waals surface area contributed by atoms with E-state index in [0.717, 1.165) is 18.4 Å². The Morgan fingerprint density at radius 3 is 2.42 bits per heavy atom. The molecule has 14 heteroatoms. The molecule has 202 valence electrons. The number of phenolic OH excluding ortho intramolecular Hbond substituents is 1. The number of amidine groups is 1. The summed E-state index contributed by atoms with van der Waals surface area (Å²) < 4.78 is 57.7. The first-order valence-corrected chi connectivity index (χ1v) is 14.3. The number of sulfonamides is 1. The molecular formula is C24H24N3O9S2-. The minimum atomic E-state index is -4.24. The molecule has 0 atom stereocenters. The Morgan fingerprint density at radius 1 is 1.05 bits per heavy atom. The molecule has 0 aliphatic heterocycles. The van der Waals surface area contributed by atoms with Crippen LogP contribution in [-0.2, 0) is 31.1 Å². The highest BCUT2D eigenvalue weighted by molar-refractivity contribution is 7.91. The van der Waals surface area contributed by atoms with E-state index in [1.165, 1.54) is 18.2 Å². The molecule has 5 N–H and O–H groups in total. The van der Waals surface area contributed by atoms with E-state index < -0.39 is 43.1 Å². The second-order valence-corrected chi connectivity index (χ2v) is 11.8. The van der Waals surface area contributed by atoms with Crippen molar-refractivity contribution in [3.63, 3.8) is 0 Å². The maximum atomic E-state index is 12.8. The van der Waals surface area contributed by atoms with Gasteiger partial charge in [0, 0.05) is 23.9 Å². The number of aromatic hydroxyl groups is 1. The Balaban J connectivity index is 1.89. The van der Waals surface area contributed by atoms with E-state index in [2.05, 4.69) is 9.88 Å². The number of sulfone groups is 1. The van der Waals surface area contributed by atoms with E-state index >= 15 is 0 Å². The predicted octanol–water partition coefficient (Wildman–Crippen LogP) is 0.207. The van der Waals surface area contributed by atoms with Crippen LogP contribution in [0, 0.1) is 0 Å². The Kier molecular flexibility index (Phi) is 8.60. The zero-order valence-electron chi connectivity index (χ0n) is 20.0. The molecule has 0 saturated carbocycles. The molecule has 0 spiro atoms. The van der Waals surface area contributed by atoms with Gasteiger partial charge in [-0.1, -0.05) is 35.5 Å². The summed E-state index contributed by atoms with van der Waals surface area (Å²) in [5, 5.41) is 32.7. The van der Waals surface area contributed by atoms with Crippen LogP contribution in [0.1, 0.15) is 11.1 Å². The van der Waals surface area contributed by atoms with Crippen molar-refractivity contribution in [3.05, 3.63) is 71.8 Å². The van der Waals surface area contributed by atoms with Gasteiger partial charge in [0.2, 0.25) is 10.0 Å². The molecule has 38 heavy (non-hydrogen) atoms. The van der Waals surface area contributed by atoms with Crippen LogP contribution < -0.4 is 20.3 Å². The number of ether oxygens (including phenoxy) is 1. The maximum Gasteiger partial charge on any atom is 0.244 e. The number of benzene rings is 3. The number of nitrogens with zero attached hydrogens (tertiary/aromatic N) is 1. The molecule has 3 aromatic rings. The molecule has 0 bridgehead atoms. The smallest absolute Gasteiger partial charge is 0.244 e. The van der Waals surface area contributed by atoms with Crippen molar-refractivity contribution in [2.75, 3.05) is 19.4 Å². The van der Waals surface area contributed by atoms with Crippen molar-refractivity contribution in [2.45, 2.75) is 16.2 Å². The molecule has 0 amide bonds. The van der Waals surface area contributed by atoms with Crippen molar-refractivity contribution in [1.29, 1.82) is 0 Å². The van der Waals surface area contributed by atoms with Crippen molar-refractivity contribution < 1.29 is 41.8 Å². The molecule has 3 rings (SSSR count). The highest BCUT2D eigenvalue weighted by Gasteiger charge is 2.21. The first kappa shape index (κ1) is 28.4. The lowest BCUT2D eigenvalue weighted by atomic mass is 10.0. The van der Waals surface area contributed by atoms with Gasteiger partial charge in [0.1, 0.15) is 23.0 Å². The normalized spacial score (nSPS) is 12.3. The molecular weight excluding hydrogens is 538 g/mol. The molecule has 0 unspecified atom stereocenters. The summed E-state index contributed by atoms with van der Waals surface area (Å²) in [4.78, 5) is 10.6. The lowest BCUT2D eigenvalue weighted by Gasteiger charge is -2.16. The second kappa shape index (κ2) is 11.5. The Morgan fingerprint density at radius 2 is 1.76 bits per heavy atom. The number of oxime groups is 1. The van der Waals surface area contributed by atoms with Gasteiger partial charge in [-0.15, -0.1) is 0 Å². The van der Waals surface area contributed by atoms with Crippen LogP contribution in [-0.4, -0.2) is 58.4 Å². The lowest BCUT2D eigenvalue weighted by molar-refractivity contribution is -0.307. The lowest BCUT2D eigenvalue weighted by Crippen LogP contribution is -2.29. The number of aliphatic carboxylic acids is 1. The third-order valence-electron chi connectivity index (χ3n) is 5.35. The van der Waals surface area contributed by atoms with Crippen molar-refractivity contribution in [1.82, 2.24) is 4.72 Å². The van der Waals surface area contributed by atoms with Crippen LogP contribution in [0.4, 0.5) is 0 Å². The number of carboxylic acid groups (broad SMARTS) is 1. The zero-order chi connectivity index (χ0) is 28.1. The number of nitrogens with one attached hydrogen (secondary N) is 1. The van der Waals surface area contributed by atoms with Crippen molar-refractivity contribution in [2.24, 2.45) is 10.9 Å². The van der Waals surface area contributed by atoms with Gasteiger partial charge < -0.3 is 30.7 Å². The molecule has 12 nitrogen and oxygen atoms in total. The van der Waals surface area contributed by atoms with E-state index in [0.29, 0.717) is 16.7 Å². The third-order valence-corrected chi connectivity index (χ3v) is 7.99. The fourth-order valence-corrected chi connectivity index (χ4v) is 5.64. The van der Waals surface area contributed by atoms with E-state index in [1.807, 2.05) is 0 Å².